The van der Waals surface area contributed by atoms with Crippen molar-refractivity contribution in [2.24, 2.45) is 0 Å². The average Bonchev–Trinajstić information content (AvgIpc) is 1.00. The van der Waals surface area contributed by atoms with Gasteiger partial charge >= 0.3 is 0 Å². The Morgan fingerprint density at radius 2 is 1.20 bits per heavy atom. The smallest absolute Gasteiger partial charge is 0.293 e. The first-order valence-electron chi connectivity index (χ1n) is 0.218. The van der Waals surface area contributed by atoms with Crippen molar-refractivity contribution >= 4 is 55.2 Å². The van der Waals surface area contributed by atoms with Crippen LogP contribution in [0, 0.1) is 0 Å². The second-order valence-electron chi connectivity index (χ2n) is 0. The van der Waals surface area contributed by atoms with Gasteiger partial charge in [-0.15, -0.1) is 12.4 Å². The van der Waals surface area contributed by atoms with Crippen LogP contribution in [-0.2, 0) is 0 Å². The van der Waals surface area contributed by atoms with E-state index in [0.717, 1.165) is 0 Å². The van der Waals surface area contributed by atoms with E-state index in [0.29, 0.717) is 0 Å². The maximum absolute atomic E-state index is 4.56. The average molecular weight is 147 g/mol. The quantitative estimate of drug-likeness (QED) is 0.382. The molecule has 0 aliphatic carbocycles. The van der Waals surface area contributed by atoms with Gasteiger partial charge in [0.1, 0.15) is 0 Å². The van der Waals surface area contributed by atoms with Crippen molar-refractivity contribution in [3.05, 3.63) is 0 Å². The minimum absolute atomic E-state index is 0. The van der Waals surface area contributed by atoms with Crippen LogP contribution >= 0.6 is 22.5 Å². The summed E-state index contributed by atoms with van der Waals surface area (Å²) in [5.41, 5.74) is 0. The lowest BCUT2D eigenvalue weighted by Crippen LogP contribution is -0.980. The van der Waals surface area contributed by atoms with Crippen molar-refractivity contribution in [1.82, 2.24) is 0 Å². The van der Waals surface area contributed by atoms with Gasteiger partial charge in [-0.25, -0.2) is 0 Å². The largest absolute Gasteiger partial charge is 0.412 e. The Balaban J connectivity index is -0.00000000167. The second-order valence-corrected chi connectivity index (χ2v) is 0. The van der Waals surface area contributed by atoms with Gasteiger partial charge in [0.15, 0.2) is 17.4 Å². The van der Waals surface area contributed by atoms with Crippen LogP contribution in [0.15, 0.2) is 0 Å². The van der Waals surface area contributed by atoms with Crippen LogP contribution in [0.5, 0.6) is 0 Å². The summed E-state index contributed by atoms with van der Waals surface area (Å²) in [5, 5.41) is 0. The fourth-order valence-corrected chi connectivity index (χ4v) is 0. The Morgan fingerprint density at radius 1 is 1.20 bits per heavy atom. The third-order valence-corrected chi connectivity index (χ3v) is 0. The van der Waals surface area contributed by atoms with Crippen LogP contribution in [0.1, 0.15) is 0 Å². The molecule has 0 aromatic rings. The first-order chi connectivity index (χ1) is 1.00. The fourth-order valence-electron chi connectivity index (χ4n) is 0. The van der Waals surface area contributed by atoms with E-state index in [1.807, 2.05) is 15.4 Å². The van der Waals surface area contributed by atoms with Gasteiger partial charge in [0.2, 0.25) is 0 Å². The van der Waals surface area contributed by atoms with Crippen molar-refractivity contribution in [2.45, 2.75) is 0 Å². The molecule has 0 fully saturated rings. The number of halogens is 2. The molecule has 0 atom stereocenters. The molecule has 0 aromatic carbocycles. The molecule has 5 heteroatoms. The number of hydrogen-bond donors (Lipinski definition) is 0. The van der Waals surface area contributed by atoms with Gasteiger partial charge in [-0.2, -0.15) is 0 Å². The molecule has 0 bridgehead atoms. The standard InChI is InChI=1S/2Al.2ClH.H2O.3H/h;;2*1H;1H2;;;/q;+1;;;;;;/p-1. The van der Waals surface area contributed by atoms with Crippen LogP contribution in [0.2, 0.25) is 0 Å². The molecule has 0 amide bonds. The Bertz CT molecular complexity index is 7.61. The summed E-state index contributed by atoms with van der Waals surface area (Å²) in [4.78, 5) is 0. The molecule has 32 valence electrons. The molecule has 0 saturated carbocycles. The summed E-state index contributed by atoms with van der Waals surface area (Å²) in [6.07, 6.45) is 0. The van der Waals surface area contributed by atoms with Crippen LogP contribution in [0.4, 0.5) is 0 Å². The molecule has 0 aliphatic heterocycles. The van der Waals surface area contributed by atoms with Gasteiger partial charge in [-0.1, -0.05) is 0 Å². The van der Waals surface area contributed by atoms with E-state index >= 15 is 0 Å². The lowest BCUT2D eigenvalue weighted by Gasteiger charge is -1.04. The van der Waals surface area contributed by atoms with E-state index in [9.17, 15) is 0 Å². The van der Waals surface area contributed by atoms with Crippen LogP contribution in [-0.4, -0.2) is 38.2 Å². The normalized spacial score (nSPS) is 1.00. The summed E-state index contributed by atoms with van der Waals surface area (Å²) in [5.74, 6) is 0. The molecule has 0 rings (SSSR count). The zero-order valence-corrected chi connectivity index (χ0v) is 4.59. The lowest BCUT2D eigenvalue weighted by atomic mass is 16.0. The van der Waals surface area contributed by atoms with Crippen molar-refractivity contribution in [3.8, 4) is 0 Å². The lowest BCUT2D eigenvalue weighted by molar-refractivity contribution is 0.824. The molecule has 2 radical (unpaired) electrons. The van der Waals surface area contributed by atoms with E-state index in [2.05, 4.69) is 10.0 Å². The third kappa shape index (κ3) is 28.3. The molecule has 2 N–H and O–H groups in total. The molecular formula is H6Al2Cl2O. The molecular weight excluding hydrogens is 141 g/mol. The minimum atomic E-state index is 0. The van der Waals surface area contributed by atoms with E-state index in [4.69, 9.17) is 0 Å². The highest BCUT2D eigenvalue weighted by molar-refractivity contribution is 6.80. The number of hydrogen-bond acceptors (Lipinski definition) is 0. The predicted octanol–water partition coefficient (Wildman–Crippen LogP) is -1.28. The van der Waals surface area contributed by atoms with E-state index in [-0.39, 0.29) is 35.2 Å². The maximum atomic E-state index is 4.56. The third-order valence-electron chi connectivity index (χ3n) is 0. The second kappa shape index (κ2) is 46.1. The summed E-state index contributed by atoms with van der Waals surface area (Å²) < 4.78 is 0. The molecule has 5 heavy (non-hydrogen) atoms. The first kappa shape index (κ1) is 30.6. The first-order valence-corrected chi connectivity index (χ1v) is 1.96. The molecule has 0 spiro atoms. The van der Waals surface area contributed by atoms with Crippen LogP contribution in [0.25, 0.3) is 0 Å². The highest BCUT2D eigenvalue weighted by Gasteiger charge is 1.04. The molecule has 1 nitrogen and oxygen atoms in total. The van der Waals surface area contributed by atoms with Gasteiger partial charge in [0.25, 0.3) is 15.4 Å². The topological polar surface area (TPSA) is 31.5 Å². The number of rotatable bonds is 0. The summed E-state index contributed by atoms with van der Waals surface area (Å²) in [7, 11) is 4.56. The van der Waals surface area contributed by atoms with Gasteiger partial charge in [0, 0.05) is 0 Å². The fraction of sp³-hybridized carbons (Fsp3) is 0. The maximum Gasteiger partial charge on any atom is 0.293 e. The van der Waals surface area contributed by atoms with Crippen molar-refractivity contribution < 1.29 is 5.48 Å². The SMILES string of the molecule is Cl.O.[AlH3].[Al][Cl]. The van der Waals surface area contributed by atoms with E-state index in [1.165, 1.54) is 0 Å². The summed E-state index contributed by atoms with van der Waals surface area (Å²) >= 11 is 1.89. The highest BCUT2D eigenvalue weighted by atomic mass is 35.6. The van der Waals surface area contributed by atoms with Crippen LogP contribution < -0.4 is 0 Å². The van der Waals surface area contributed by atoms with Crippen LogP contribution in [0.3, 0.4) is 0 Å². The van der Waals surface area contributed by atoms with Gasteiger partial charge in [-0.3, -0.25) is 10.0 Å². The zero-order valence-electron chi connectivity index (χ0n) is 1.86. The Labute approximate surface area is 60.6 Å². The minimum Gasteiger partial charge on any atom is -0.412 e. The van der Waals surface area contributed by atoms with Crippen molar-refractivity contribution in [1.29, 1.82) is 0 Å². The van der Waals surface area contributed by atoms with Crippen molar-refractivity contribution in [2.75, 3.05) is 0 Å². The zero-order chi connectivity index (χ0) is 2.00. The molecule has 0 unspecified atom stereocenters. The summed E-state index contributed by atoms with van der Waals surface area (Å²) in [6.45, 7) is 0. The van der Waals surface area contributed by atoms with Gasteiger partial charge in [-0.05, 0) is 0 Å². The monoisotopic (exact) mass is 146 g/mol. The Hall–Kier alpha value is 1.60. The highest BCUT2D eigenvalue weighted by Crippen LogP contribution is 1.29. The molecule has 0 aliphatic rings. The summed E-state index contributed by atoms with van der Waals surface area (Å²) in [6, 6.07) is 0. The Kier molecular flexibility index (Phi) is 282. The van der Waals surface area contributed by atoms with Gasteiger partial charge < -0.3 is 5.48 Å². The van der Waals surface area contributed by atoms with E-state index < -0.39 is 0 Å². The molecule has 0 saturated heterocycles. The molecule has 0 aromatic heterocycles. The van der Waals surface area contributed by atoms with Gasteiger partial charge in [0.05, 0.1) is 0 Å². The molecule has 0 heterocycles. The predicted molar refractivity (Wildman–Crippen MR) is 32.4 cm³/mol. The Morgan fingerprint density at radius 3 is 1.20 bits per heavy atom. The van der Waals surface area contributed by atoms with Crippen molar-refractivity contribution in [3.63, 3.8) is 0 Å². The van der Waals surface area contributed by atoms with E-state index in [1.54, 1.807) is 0 Å².